The van der Waals surface area contributed by atoms with Crippen LogP contribution in [0.25, 0.3) is 0 Å². The largest absolute Gasteiger partial charge is 0.443 e. The number of hydrogen-bond donors (Lipinski definition) is 0. The third-order valence-corrected chi connectivity index (χ3v) is 2.60. The summed E-state index contributed by atoms with van der Waals surface area (Å²) < 4.78 is 10.1. The van der Waals surface area contributed by atoms with Crippen LogP contribution in [0.2, 0.25) is 0 Å². The monoisotopic (exact) mass is 243 g/mol. The zero-order chi connectivity index (χ0) is 13.1. The standard InChI is InChI=1S/C12H21NO4/c1-12(2,3)17-11(15)13-7-5-9(10(13)14)6-8-16-4/h9H,5-8H2,1-4H3/t9-/m1/s1. The fourth-order valence-corrected chi connectivity index (χ4v) is 1.77. The molecular formula is C12H21NO4. The van der Waals surface area contributed by atoms with Gasteiger partial charge in [-0.15, -0.1) is 0 Å². The lowest BCUT2D eigenvalue weighted by Crippen LogP contribution is -2.38. The molecule has 5 nitrogen and oxygen atoms in total. The molecular weight excluding hydrogens is 222 g/mol. The van der Waals surface area contributed by atoms with Gasteiger partial charge in [-0.2, -0.15) is 0 Å². The zero-order valence-electron chi connectivity index (χ0n) is 11.0. The van der Waals surface area contributed by atoms with Gasteiger partial charge >= 0.3 is 6.09 Å². The van der Waals surface area contributed by atoms with Crippen LogP contribution in [-0.4, -0.2) is 42.8 Å². The van der Waals surface area contributed by atoms with Crippen molar-refractivity contribution in [3.63, 3.8) is 0 Å². The van der Waals surface area contributed by atoms with Crippen molar-refractivity contribution in [1.82, 2.24) is 4.90 Å². The summed E-state index contributed by atoms with van der Waals surface area (Å²) in [7, 11) is 1.60. The maximum atomic E-state index is 11.9. The van der Waals surface area contributed by atoms with E-state index in [0.29, 0.717) is 26.0 Å². The summed E-state index contributed by atoms with van der Waals surface area (Å²) in [6.07, 6.45) is 0.818. The first-order chi connectivity index (χ1) is 7.85. The van der Waals surface area contributed by atoms with Gasteiger partial charge in [0.25, 0.3) is 0 Å². The third kappa shape index (κ3) is 4.00. The van der Waals surface area contributed by atoms with Crippen molar-refractivity contribution in [3.05, 3.63) is 0 Å². The molecule has 98 valence electrons. The minimum absolute atomic E-state index is 0.109. The van der Waals surface area contributed by atoms with Crippen molar-refractivity contribution in [2.24, 2.45) is 5.92 Å². The van der Waals surface area contributed by atoms with Gasteiger partial charge in [0, 0.05) is 26.2 Å². The fraction of sp³-hybridized carbons (Fsp3) is 0.833. The highest BCUT2D eigenvalue weighted by Crippen LogP contribution is 2.23. The number of imide groups is 1. The predicted molar refractivity (Wildman–Crippen MR) is 62.5 cm³/mol. The van der Waals surface area contributed by atoms with E-state index in [0.717, 1.165) is 0 Å². The number of carbonyl (C=O) groups is 2. The van der Waals surface area contributed by atoms with E-state index in [1.165, 1.54) is 4.90 Å². The highest BCUT2D eigenvalue weighted by atomic mass is 16.6. The minimum atomic E-state index is -0.567. The van der Waals surface area contributed by atoms with Crippen LogP contribution in [0.1, 0.15) is 33.6 Å². The van der Waals surface area contributed by atoms with E-state index in [9.17, 15) is 9.59 Å². The van der Waals surface area contributed by atoms with Crippen molar-refractivity contribution in [2.45, 2.75) is 39.2 Å². The number of hydrogen-bond acceptors (Lipinski definition) is 4. The van der Waals surface area contributed by atoms with Crippen LogP contribution < -0.4 is 0 Å². The molecule has 0 spiro atoms. The first kappa shape index (κ1) is 14.0. The lowest BCUT2D eigenvalue weighted by molar-refractivity contribution is -0.130. The van der Waals surface area contributed by atoms with Crippen LogP contribution in [0.3, 0.4) is 0 Å². The van der Waals surface area contributed by atoms with Gasteiger partial charge in [-0.1, -0.05) is 0 Å². The maximum absolute atomic E-state index is 11.9. The van der Waals surface area contributed by atoms with Crippen molar-refractivity contribution in [2.75, 3.05) is 20.3 Å². The molecule has 17 heavy (non-hydrogen) atoms. The second-order valence-electron chi connectivity index (χ2n) is 5.24. The van der Waals surface area contributed by atoms with Crippen LogP contribution in [0.15, 0.2) is 0 Å². The Kier molecular flexibility index (Phi) is 4.51. The fourth-order valence-electron chi connectivity index (χ4n) is 1.77. The van der Waals surface area contributed by atoms with Gasteiger partial charge in [-0.05, 0) is 33.6 Å². The molecule has 1 aliphatic rings. The molecule has 0 radical (unpaired) electrons. The highest BCUT2D eigenvalue weighted by Gasteiger charge is 2.37. The number of nitrogens with zero attached hydrogens (tertiary/aromatic N) is 1. The molecule has 1 saturated heterocycles. The number of likely N-dealkylation sites (tertiary alicyclic amines) is 1. The number of methoxy groups -OCH3 is 1. The van der Waals surface area contributed by atoms with E-state index in [2.05, 4.69) is 0 Å². The molecule has 0 aromatic rings. The first-order valence-electron chi connectivity index (χ1n) is 5.88. The Balaban J connectivity index is 2.52. The van der Waals surface area contributed by atoms with E-state index in [4.69, 9.17) is 9.47 Å². The van der Waals surface area contributed by atoms with Crippen molar-refractivity contribution in [1.29, 1.82) is 0 Å². The molecule has 0 saturated carbocycles. The third-order valence-electron chi connectivity index (χ3n) is 2.60. The summed E-state index contributed by atoms with van der Waals surface area (Å²) >= 11 is 0. The lowest BCUT2D eigenvalue weighted by atomic mass is 10.1. The number of amides is 2. The molecule has 0 aromatic carbocycles. The Morgan fingerprint density at radius 2 is 2.12 bits per heavy atom. The number of ether oxygens (including phenoxy) is 2. The molecule has 2 amide bonds. The topological polar surface area (TPSA) is 55.8 Å². The zero-order valence-corrected chi connectivity index (χ0v) is 11.0. The highest BCUT2D eigenvalue weighted by molar-refractivity contribution is 5.95. The van der Waals surface area contributed by atoms with E-state index >= 15 is 0 Å². The summed E-state index contributed by atoms with van der Waals surface area (Å²) in [5, 5.41) is 0. The number of carbonyl (C=O) groups excluding carboxylic acids is 2. The quantitative estimate of drug-likeness (QED) is 0.758. The van der Waals surface area contributed by atoms with Crippen LogP contribution >= 0.6 is 0 Å². The normalized spacial score (nSPS) is 20.8. The average molecular weight is 243 g/mol. The average Bonchev–Trinajstić information content (AvgIpc) is 2.54. The van der Waals surface area contributed by atoms with Gasteiger partial charge < -0.3 is 9.47 Å². The summed E-state index contributed by atoms with van der Waals surface area (Å²) in [5.41, 5.74) is -0.567. The molecule has 0 bridgehead atoms. The SMILES string of the molecule is COCC[C@H]1CCN(C(=O)OC(C)(C)C)C1=O. The van der Waals surface area contributed by atoms with Gasteiger partial charge in [-0.25, -0.2) is 9.69 Å². The summed E-state index contributed by atoms with van der Waals surface area (Å²) in [5.74, 6) is -0.251. The van der Waals surface area contributed by atoms with Crippen LogP contribution in [0, 0.1) is 5.92 Å². The Labute approximate surface area is 102 Å². The molecule has 0 N–H and O–H groups in total. The van der Waals surface area contributed by atoms with Gasteiger partial charge in [0.2, 0.25) is 5.91 Å². The summed E-state index contributed by atoms with van der Waals surface area (Å²) in [6, 6.07) is 0. The van der Waals surface area contributed by atoms with E-state index < -0.39 is 11.7 Å². The summed E-state index contributed by atoms with van der Waals surface area (Å²) in [4.78, 5) is 24.9. The van der Waals surface area contributed by atoms with E-state index in [1.54, 1.807) is 27.9 Å². The molecule has 1 atom stereocenters. The summed E-state index contributed by atoms with van der Waals surface area (Å²) in [6.45, 7) is 6.34. The molecule has 1 rings (SSSR count). The molecule has 0 unspecified atom stereocenters. The Morgan fingerprint density at radius 3 is 2.65 bits per heavy atom. The molecule has 0 aliphatic carbocycles. The number of rotatable bonds is 3. The lowest BCUT2D eigenvalue weighted by Gasteiger charge is -2.23. The molecule has 1 heterocycles. The molecule has 1 fully saturated rings. The van der Waals surface area contributed by atoms with Crippen LogP contribution in [0.5, 0.6) is 0 Å². The second-order valence-corrected chi connectivity index (χ2v) is 5.24. The smallest absolute Gasteiger partial charge is 0.417 e. The predicted octanol–water partition coefficient (Wildman–Crippen LogP) is 1.81. The van der Waals surface area contributed by atoms with Gasteiger partial charge in [-0.3, -0.25) is 4.79 Å². The van der Waals surface area contributed by atoms with Gasteiger partial charge in [0.1, 0.15) is 5.60 Å². The van der Waals surface area contributed by atoms with Crippen molar-refractivity contribution < 1.29 is 19.1 Å². The van der Waals surface area contributed by atoms with Crippen molar-refractivity contribution >= 4 is 12.0 Å². The van der Waals surface area contributed by atoms with Gasteiger partial charge in [0.05, 0.1) is 0 Å². The molecule has 0 aromatic heterocycles. The molecule has 1 aliphatic heterocycles. The van der Waals surface area contributed by atoms with E-state index in [-0.39, 0.29) is 11.8 Å². The Morgan fingerprint density at radius 1 is 1.47 bits per heavy atom. The first-order valence-corrected chi connectivity index (χ1v) is 5.88. The van der Waals surface area contributed by atoms with Gasteiger partial charge in [0.15, 0.2) is 0 Å². The van der Waals surface area contributed by atoms with Crippen LogP contribution in [-0.2, 0) is 14.3 Å². The maximum Gasteiger partial charge on any atom is 0.417 e. The molecule has 5 heteroatoms. The Bertz CT molecular complexity index is 295. The van der Waals surface area contributed by atoms with Crippen LogP contribution in [0.4, 0.5) is 4.79 Å². The Hall–Kier alpha value is -1.10. The minimum Gasteiger partial charge on any atom is -0.443 e. The second kappa shape index (κ2) is 5.49. The van der Waals surface area contributed by atoms with E-state index in [1.807, 2.05) is 0 Å². The van der Waals surface area contributed by atoms with Crippen molar-refractivity contribution in [3.8, 4) is 0 Å².